The number of hydrogen-bond acceptors (Lipinski definition) is 2. The van der Waals surface area contributed by atoms with Gasteiger partial charge in [-0.2, -0.15) is 0 Å². The third-order valence-corrected chi connectivity index (χ3v) is 3.44. The summed E-state index contributed by atoms with van der Waals surface area (Å²) in [5.74, 6) is -0.384. The Morgan fingerprint density at radius 2 is 1.79 bits per heavy atom. The molecule has 0 unspecified atom stereocenters. The molecule has 0 bridgehead atoms. The Balaban J connectivity index is 0.00000180. The van der Waals surface area contributed by atoms with Crippen LogP contribution in [0.4, 0.5) is 8.78 Å². The lowest BCUT2D eigenvalue weighted by Gasteiger charge is -2.22. The highest BCUT2D eigenvalue weighted by Gasteiger charge is 2.13. The van der Waals surface area contributed by atoms with E-state index in [1.54, 1.807) is 0 Å². The number of halogens is 3. The third-order valence-electron chi connectivity index (χ3n) is 3.44. The summed E-state index contributed by atoms with van der Waals surface area (Å²) in [6.07, 6.45) is 3.30. The minimum atomic E-state index is -0.531. The first-order chi connectivity index (χ1) is 8.77. The second-order valence-electron chi connectivity index (χ2n) is 4.73. The zero-order valence-corrected chi connectivity index (χ0v) is 11.6. The van der Waals surface area contributed by atoms with Crippen LogP contribution in [0.2, 0.25) is 0 Å². The van der Waals surface area contributed by atoms with Crippen molar-refractivity contribution in [3.63, 3.8) is 0 Å². The molecule has 0 aromatic heterocycles. The highest BCUT2D eigenvalue weighted by atomic mass is 35.5. The lowest BCUT2D eigenvalue weighted by atomic mass is 9.95. The van der Waals surface area contributed by atoms with Crippen molar-refractivity contribution in [3.8, 4) is 0 Å². The summed E-state index contributed by atoms with van der Waals surface area (Å²) < 4.78 is 32.0. The zero-order valence-electron chi connectivity index (χ0n) is 10.8. The van der Waals surface area contributed by atoms with Crippen molar-refractivity contribution >= 4 is 12.4 Å². The van der Waals surface area contributed by atoms with E-state index in [-0.39, 0.29) is 24.6 Å². The van der Waals surface area contributed by atoms with Gasteiger partial charge in [0.2, 0.25) is 0 Å². The molecule has 1 heterocycles. The number of hydrogen-bond donors (Lipinski definition) is 1. The van der Waals surface area contributed by atoms with Crippen LogP contribution < -0.4 is 5.32 Å². The fourth-order valence-electron chi connectivity index (χ4n) is 2.26. The first-order valence-corrected chi connectivity index (χ1v) is 6.48. The van der Waals surface area contributed by atoms with Gasteiger partial charge in [0.05, 0.1) is 6.61 Å². The molecule has 2 rings (SSSR count). The third kappa shape index (κ3) is 5.05. The number of ether oxygens (including phenoxy) is 1. The molecule has 1 fully saturated rings. The SMILES string of the molecule is Cl.Fc1cccc(F)c1COCCC1CCNCC1. The first-order valence-electron chi connectivity index (χ1n) is 6.48. The summed E-state index contributed by atoms with van der Waals surface area (Å²) in [6.45, 7) is 2.71. The number of nitrogens with one attached hydrogen (secondary N) is 1. The molecule has 0 aliphatic carbocycles. The van der Waals surface area contributed by atoms with Gasteiger partial charge in [0.1, 0.15) is 11.6 Å². The van der Waals surface area contributed by atoms with Crippen LogP contribution in [0.15, 0.2) is 18.2 Å². The molecule has 1 aromatic carbocycles. The second-order valence-corrected chi connectivity index (χ2v) is 4.73. The Hall–Kier alpha value is -0.710. The highest BCUT2D eigenvalue weighted by molar-refractivity contribution is 5.85. The Bertz CT molecular complexity index is 363. The van der Waals surface area contributed by atoms with E-state index in [0.29, 0.717) is 12.5 Å². The van der Waals surface area contributed by atoms with Gasteiger partial charge >= 0.3 is 0 Å². The maximum Gasteiger partial charge on any atom is 0.131 e. The lowest BCUT2D eigenvalue weighted by molar-refractivity contribution is 0.0984. The van der Waals surface area contributed by atoms with E-state index in [1.807, 2.05) is 0 Å². The molecule has 2 nitrogen and oxygen atoms in total. The van der Waals surface area contributed by atoms with E-state index in [4.69, 9.17) is 4.74 Å². The molecule has 0 atom stereocenters. The number of benzene rings is 1. The van der Waals surface area contributed by atoms with Gasteiger partial charge in [0.25, 0.3) is 0 Å². The van der Waals surface area contributed by atoms with E-state index in [2.05, 4.69) is 5.32 Å². The largest absolute Gasteiger partial charge is 0.377 e. The average Bonchev–Trinajstić information content (AvgIpc) is 2.38. The van der Waals surface area contributed by atoms with Crippen molar-refractivity contribution < 1.29 is 13.5 Å². The molecular weight excluding hydrogens is 272 g/mol. The molecule has 19 heavy (non-hydrogen) atoms. The van der Waals surface area contributed by atoms with Crippen molar-refractivity contribution in [2.24, 2.45) is 5.92 Å². The van der Waals surface area contributed by atoms with Gasteiger partial charge in [-0.1, -0.05) is 6.07 Å². The van der Waals surface area contributed by atoms with Crippen LogP contribution in [0.3, 0.4) is 0 Å². The van der Waals surface area contributed by atoms with Gasteiger partial charge < -0.3 is 10.1 Å². The second kappa shape index (κ2) is 8.46. The van der Waals surface area contributed by atoms with Crippen LogP contribution in [-0.4, -0.2) is 19.7 Å². The van der Waals surface area contributed by atoms with Crippen molar-refractivity contribution in [3.05, 3.63) is 35.4 Å². The van der Waals surface area contributed by atoms with Crippen molar-refractivity contribution in [2.75, 3.05) is 19.7 Å². The Morgan fingerprint density at radius 3 is 2.42 bits per heavy atom. The molecule has 0 saturated carbocycles. The highest BCUT2D eigenvalue weighted by Crippen LogP contribution is 2.17. The van der Waals surface area contributed by atoms with Crippen molar-refractivity contribution in [1.29, 1.82) is 0 Å². The molecule has 1 aromatic rings. The molecule has 0 spiro atoms. The van der Waals surface area contributed by atoms with Crippen LogP contribution in [0, 0.1) is 17.6 Å². The molecular formula is C14H20ClF2NO. The van der Waals surface area contributed by atoms with Gasteiger partial charge in [0, 0.05) is 12.2 Å². The van der Waals surface area contributed by atoms with Gasteiger partial charge in [0.15, 0.2) is 0 Å². The Morgan fingerprint density at radius 1 is 1.16 bits per heavy atom. The first kappa shape index (κ1) is 16.3. The van der Waals surface area contributed by atoms with E-state index in [1.165, 1.54) is 18.2 Å². The van der Waals surface area contributed by atoms with E-state index in [9.17, 15) is 8.78 Å². The summed E-state index contributed by atoms with van der Waals surface area (Å²) in [5, 5.41) is 3.31. The molecule has 0 amide bonds. The van der Waals surface area contributed by atoms with Gasteiger partial charge in [-0.05, 0) is 50.4 Å². The summed E-state index contributed by atoms with van der Waals surface area (Å²) >= 11 is 0. The number of piperidine rings is 1. The van der Waals surface area contributed by atoms with E-state index in [0.717, 1.165) is 32.4 Å². The van der Waals surface area contributed by atoms with E-state index >= 15 is 0 Å². The van der Waals surface area contributed by atoms with Gasteiger partial charge in [-0.3, -0.25) is 0 Å². The van der Waals surface area contributed by atoms with Crippen LogP contribution in [-0.2, 0) is 11.3 Å². The quantitative estimate of drug-likeness (QED) is 0.841. The fraction of sp³-hybridized carbons (Fsp3) is 0.571. The smallest absolute Gasteiger partial charge is 0.131 e. The summed E-state index contributed by atoms with van der Waals surface area (Å²) in [6, 6.07) is 3.88. The average molecular weight is 292 g/mol. The molecule has 5 heteroatoms. The lowest BCUT2D eigenvalue weighted by Crippen LogP contribution is -2.28. The minimum Gasteiger partial charge on any atom is -0.377 e. The summed E-state index contributed by atoms with van der Waals surface area (Å²) in [7, 11) is 0. The van der Waals surface area contributed by atoms with Crippen LogP contribution in [0.25, 0.3) is 0 Å². The standard InChI is InChI=1S/C14H19F2NO.ClH/c15-13-2-1-3-14(16)12(13)10-18-9-6-11-4-7-17-8-5-11;/h1-3,11,17H,4-10H2;1H. The van der Waals surface area contributed by atoms with Crippen molar-refractivity contribution in [2.45, 2.75) is 25.9 Å². The Kier molecular flexibility index (Phi) is 7.28. The van der Waals surface area contributed by atoms with Crippen molar-refractivity contribution in [1.82, 2.24) is 5.32 Å². The fourth-order valence-corrected chi connectivity index (χ4v) is 2.26. The van der Waals surface area contributed by atoms with Crippen LogP contribution >= 0.6 is 12.4 Å². The predicted molar refractivity (Wildman–Crippen MR) is 73.5 cm³/mol. The molecule has 1 N–H and O–H groups in total. The van der Waals surface area contributed by atoms with Gasteiger partial charge in [-0.25, -0.2) is 8.78 Å². The monoisotopic (exact) mass is 291 g/mol. The van der Waals surface area contributed by atoms with Crippen LogP contribution in [0.5, 0.6) is 0 Å². The molecule has 0 radical (unpaired) electrons. The maximum absolute atomic E-state index is 13.3. The normalized spacial score (nSPS) is 16.1. The zero-order chi connectivity index (χ0) is 12.8. The molecule has 1 aliphatic heterocycles. The molecule has 1 aliphatic rings. The summed E-state index contributed by atoms with van der Waals surface area (Å²) in [5.41, 5.74) is 0.0304. The summed E-state index contributed by atoms with van der Waals surface area (Å²) in [4.78, 5) is 0. The van der Waals surface area contributed by atoms with Crippen LogP contribution in [0.1, 0.15) is 24.8 Å². The maximum atomic E-state index is 13.3. The predicted octanol–water partition coefficient (Wildman–Crippen LogP) is 3.29. The minimum absolute atomic E-state index is 0. The number of rotatable bonds is 5. The topological polar surface area (TPSA) is 21.3 Å². The van der Waals surface area contributed by atoms with E-state index < -0.39 is 11.6 Å². The van der Waals surface area contributed by atoms with Gasteiger partial charge in [-0.15, -0.1) is 12.4 Å². The molecule has 108 valence electrons. The Labute approximate surface area is 118 Å². The molecule has 1 saturated heterocycles.